The number of aryl methyl sites for hydroxylation is 1. The molecule has 0 atom stereocenters. The Labute approximate surface area is 109 Å². The SMILES string of the molecule is CCc1ccc(NC(=O)N/C=C/C(C)(C)C)cc1. The first-order chi connectivity index (χ1) is 8.40. The van der Waals surface area contributed by atoms with Crippen molar-refractivity contribution in [2.45, 2.75) is 34.1 Å². The van der Waals surface area contributed by atoms with Crippen LogP contribution in [0.1, 0.15) is 33.3 Å². The molecule has 0 bridgehead atoms. The molecule has 0 spiro atoms. The van der Waals surface area contributed by atoms with Crippen molar-refractivity contribution in [3.05, 3.63) is 42.1 Å². The molecule has 0 aromatic heterocycles. The first-order valence-corrected chi connectivity index (χ1v) is 6.25. The Kier molecular flexibility index (Phi) is 4.95. The Morgan fingerprint density at radius 3 is 2.33 bits per heavy atom. The zero-order valence-corrected chi connectivity index (χ0v) is 11.6. The number of allylic oxidation sites excluding steroid dienone is 1. The molecule has 0 saturated carbocycles. The number of anilines is 1. The van der Waals surface area contributed by atoms with Crippen LogP contribution in [0, 0.1) is 5.41 Å². The van der Waals surface area contributed by atoms with E-state index in [9.17, 15) is 4.79 Å². The van der Waals surface area contributed by atoms with Crippen LogP contribution in [0.3, 0.4) is 0 Å². The van der Waals surface area contributed by atoms with E-state index in [1.165, 1.54) is 5.56 Å². The van der Waals surface area contributed by atoms with Crippen LogP contribution in [0.25, 0.3) is 0 Å². The molecule has 98 valence electrons. The molecule has 0 aliphatic rings. The Bertz CT molecular complexity index is 413. The summed E-state index contributed by atoms with van der Waals surface area (Å²) in [4.78, 5) is 11.6. The quantitative estimate of drug-likeness (QED) is 0.833. The van der Waals surface area contributed by atoms with Gasteiger partial charge in [-0.15, -0.1) is 0 Å². The zero-order chi connectivity index (χ0) is 13.6. The van der Waals surface area contributed by atoms with Gasteiger partial charge in [-0.1, -0.05) is 45.9 Å². The number of hydrogen-bond donors (Lipinski definition) is 2. The van der Waals surface area contributed by atoms with E-state index in [2.05, 4.69) is 38.3 Å². The monoisotopic (exact) mass is 246 g/mol. The van der Waals surface area contributed by atoms with Gasteiger partial charge in [-0.2, -0.15) is 0 Å². The van der Waals surface area contributed by atoms with Crippen molar-refractivity contribution in [2.24, 2.45) is 5.41 Å². The molecule has 3 nitrogen and oxygen atoms in total. The minimum absolute atomic E-state index is 0.0655. The number of carbonyl (C=O) groups excluding carboxylic acids is 1. The second-order valence-electron chi connectivity index (χ2n) is 5.35. The molecular weight excluding hydrogens is 224 g/mol. The fraction of sp³-hybridized carbons (Fsp3) is 0.400. The van der Waals surface area contributed by atoms with Crippen LogP contribution in [-0.2, 0) is 6.42 Å². The lowest BCUT2D eigenvalue weighted by Crippen LogP contribution is -2.24. The molecule has 2 N–H and O–H groups in total. The number of amides is 2. The first kappa shape index (κ1) is 14.3. The normalized spacial score (nSPS) is 11.6. The summed E-state index contributed by atoms with van der Waals surface area (Å²) < 4.78 is 0. The topological polar surface area (TPSA) is 41.1 Å². The van der Waals surface area contributed by atoms with Gasteiger partial charge in [-0.25, -0.2) is 4.79 Å². The Hall–Kier alpha value is -1.77. The number of rotatable bonds is 3. The van der Waals surface area contributed by atoms with Crippen molar-refractivity contribution in [3.63, 3.8) is 0 Å². The summed E-state index contributed by atoms with van der Waals surface area (Å²) in [5, 5.41) is 5.46. The van der Waals surface area contributed by atoms with Crippen molar-refractivity contribution < 1.29 is 4.79 Å². The van der Waals surface area contributed by atoms with Gasteiger partial charge in [0.2, 0.25) is 0 Å². The smallest absolute Gasteiger partial charge is 0.315 e. The number of nitrogens with one attached hydrogen (secondary N) is 2. The lowest BCUT2D eigenvalue weighted by molar-refractivity contribution is 0.255. The minimum atomic E-state index is -0.222. The van der Waals surface area contributed by atoms with Crippen LogP contribution >= 0.6 is 0 Å². The lowest BCUT2D eigenvalue weighted by atomic mass is 9.97. The van der Waals surface area contributed by atoms with Gasteiger partial charge >= 0.3 is 6.03 Å². The second kappa shape index (κ2) is 6.24. The third-order valence-corrected chi connectivity index (χ3v) is 2.42. The summed E-state index contributed by atoms with van der Waals surface area (Å²) in [5.41, 5.74) is 2.12. The molecule has 1 aromatic carbocycles. The molecule has 0 radical (unpaired) electrons. The predicted molar refractivity (Wildman–Crippen MR) is 76.6 cm³/mol. The highest BCUT2D eigenvalue weighted by atomic mass is 16.2. The van der Waals surface area contributed by atoms with Crippen LogP contribution in [0.15, 0.2) is 36.5 Å². The van der Waals surface area contributed by atoms with E-state index in [1.807, 2.05) is 30.3 Å². The van der Waals surface area contributed by atoms with E-state index in [0.717, 1.165) is 12.1 Å². The Balaban J connectivity index is 2.47. The Morgan fingerprint density at radius 1 is 1.22 bits per heavy atom. The second-order valence-corrected chi connectivity index (χ2v) is 5.35. The molecule has 0 unspecified atom stereocenters. The molecule has 0 fully saturated rings. The van der Waals surface area contributed by atoms with Crippen LogP contribution in [0.4, 0.5) is 10.5 Å². The largest absolute Gasteiger partial charge is 0.323 e. The zero-order valence-electron chi connectivity index (χ0n) is 11.6. The van der Waals surface area contributed by atoms with Gasteiger partial charge in [0.25, 0.3) is 0 Å². The number of benzene rings is 1. The van der Waals surface area contributed by atoms with E-state index in [-0.39, 0.29) is 11.4 Å². The van der Waals surface area contributed by atoms with E-state index in [1.54, 1.807) is 6.20 Å². The number of urea groups is 1. The summed E-state index contributed by atoms with van der Waals surface area (Å²) in [5.74, 6) is 0. The van der Waals surface area contributed by atoms with Crippen LogP contribution in [-0.4, -0.2) is 6.03 Å². The van der Waals surface area contributed by atoms with Gasteiger partial charge < -0.3 is 10.6 Å². The van der Waals surface area contributed by atoms with Crippen molar-refractivity contribution in [3.8, 4) is 0 Å². The third kappa shape index (κ3) is 5.53. The average Bonchev–Trinajstić information content (AvgIpc) is 2.28. The van der Waals surface area contributed by atoms with E-state index in [0.29, 0.717) is 0 Å². The fourth-order valence-corrected chi connectivity index (χ4v) is 1.36. The third-order valence-electron chi connectivity index (χ3n) is 2.42. The van der Waals surface area contributed by atoms with Crippen LogP contribution < -0.4 is 10.6 Å². The summed E-state index contributed by atoms with van der Waals surface area (Å²) >= 11 is 0. The molecule has 2 amide bonds. The fourth-order valence-electron chi connectivity index (χ4n) is 1.36. The summed E-state index contributed by atoms with van der Waals surface area (Å²) in [6.07, 6.45) is 4.63. The first-order valence-electron chi connectivity index (χ1n) is 6.25. The molecule has 0 saturated heterocycles. The van der Waals surface area contributed by atoms with Gasteiger partial charge in [0.05, 0.1) is 0 Å². The number of hydrogen-bond acceptors (Lipinski definition) is 1. The Morgan fingerprint density at radius 2 is 1.83 bits per heavy atom. The van der Waals surface area contributed by atoms with Crippen molar-refractivity contribution in [1.29, 1.82) is 0 Å². The summed E-state index contributed by atoms with van der Waals surface area (Å²) in [6, 6.07) is 7.62. The molecular formula is C15H22N2O. The van der Waals surface area contributed by atoms with Crippen LogP contribution in [0.5, 0.6) is 0 Å². The highest BCUT2D eigenvalue weighted by molar-refractivity contribution is 5.89. The van der Waals surface area contributed by atoms with Gasteiger partial charge in [0, 0.05) is 11.9 Å². The van der Waals surface area contributed by atoms with E-state index in [4.69, 9.17) is 0 Å². The maximum absolute atomic E-state index is 11.6. The highest BCUT2D eigenvalue weighted by Crippen LogP contribution is 2.13. The maximum atomic E-state index is 11.6. The lowest BCUT2D eigenvalue weighted by Gasteiger charge is -2.11. The van der Waals surface area contributed by atoms with Crippen molar-refractivity contribution >= 4 is 11.7 Å². The molecule has 0 aliphatic carbocycles. The van der Waals surface area contributed by atoms with Gasteiger partial charge in [0.15, 0.2) is 0 Å². The summed E-state index contributed by atoms with van der Waals surface area (Å²) in [6.45, 7) is 8.33. The molecule has 0 heterocycles. The van der Waals surface area contributed by atoms with Crippen LogP contribution in [0.2, 0.25) is 0 Å². The van der Waals surface area contributed by atoms with Gasteiger partial charge in [-0.3, -0.25) is 0 Å². The molecule has 3 heteroatoms. The van der Waals surface area contributed by atoms with Gasteiger partial charge in [-0.05, 0) is 29.5 Å². The predicted octanol–water partition coefficient (Wildman–Crippen LogP) is 3.93. The number of carbonyl (C=O) groups is 1. The maximum Gasteiger partial charge on any atom is 0.323 e. The molecule has 0 aliphatic heterocycles. The van der Waals surface area contributed by atoms with Crippen molar-refractivity contribution in [2.75, 3.05) is 5.32 Å². The molecule has 18 heavy (non-hydrogen) atoms. The highest BCUT2D eigenvalue weighted by Gasteiger charge is 2.04. The standard InChI is InChI=1S/C15H22N2O/c1-5-12-6-8-13(9-7-12)17-14(18)16-11-10-15(2,3)4/h6-11H,5H2,1-4H3,(H2,16,17,18)/b11-10+. The summed E-state index contributed by atoms with van der Waals surface area (Å²) in [7, 11) is 0. The molecule has 1 aromatic rings. The van der Waals surface area contributed by atoms with E-state index < -0.39 is 0 Å². The van der Waals surface area contributed by atoms with E-state index >= 15 is 0 Å². The molecule has 1 rings (SSSR count). The van der Waals surface area contributed by atoms with Gasteiger partial charge in [0.1, 0.15) is 0 Å². The van der Waals surface area contributed by atoms with Crippen molar-refractivity contribution in [1.82, 2.24) is 5.32 Å². The average molecular weight is 246 g/mol. The minimum Gasteiger partial charge on any atom is -0.315 e.